The molecule has 2 aromatic rings. The van der Waals surface area contributed by atoms with E-state index in [4.69, 9.17) is 16.3 Å². The van der Waals surface area contributed by atoms with Crippen LogP contribution in [0.3, 0.4) is 0 Å². The van der Waals surface area contributed by atoms with Crippen LogP contribution in [0.5, 0.6) is 5.75 Å². The molecule has 0 atom stereocenters. The highest BCUT2D eigenvalue weighted by Crippen LogP contribution is 2.26. The van der Waals surface area contributed by atoms with Crippen LogP contribution in [-0.4, -0.2) is 4.92 Å². The van der Waals surface area contributed by atoms with Gasteiger partial charge < -0.3 is 4.74 Å². The summed E-state index contributed by atoms with van der Waals surface area (Å²) in [6.45, 7) is 0.347. The predicted molar refractivity (Wildman–Crippen MR) is 81.5 cm³/mol. The lowest BCUT2D eigenvalue weighted by Crippen LogP contribution is -1.98. The third-order valence-corrected chi connectivity index (χ3v) is 3.55. The van der Waals surface area contributed by atoms with E-state index >= 15 is 0 Å². The average Bonchev–Trinajstić information content (AvgIpc) is 2.46. The molecule has 20 heavy (non-hydrogen) atoms. The van der Waals surface area contributed by atoms with Crippen LogP contribution in [0.4, 0.5) is 5.69 Å². The molecule has 0 heterocycles. The van der Waals surface area contributed by atoms with Gasteiger partial charge >= 0.3 is 0 Å². The van der Waals surface area contributed by atoms with Gasteiger partial charge in [-0.1, -0.05) is 27.5 Å². The fraction of sp³-hybridized carbons (Fsp3) is 0.143. The van der Waals surface area contributed by atoms with Crippen molar-refractivity contribution in [3.63, 3.8) is 0 Å². The van der Waals surface area contributed by atoms with E-state index in [1.807, 2.05) is 12.1 Å². The minimum Gasteiger partial charge on any atom is -0.489 e. The first-order valence-electron chi connectivity index (χ1n) is 5.80. The molecule has 0 spiro atoms. The van der Waals surface area contributed by atoms with Crippen LogP contribution in [-0.2, 0) is 11.9 Å². The van der Waals surface area contributed by atoms with Crippen LogP contribution in [0.25, 0.3) is 0 Å². The summed E-state index contributed by atoms with van der Waals surface area (Å²) in [5.41, 5.74) is 1.90. The molecule has 0 N–H and O–H groups in total. The van der Waals surface area contributed by atoms with Gasteiger partial charge in [0.05, 0.1) is 4.92 Å². The zero-order valence-electron chi connectivity index (χ0n) is 10.4. The Bertz CT molecular complexity index is 616. The van der Waals surface area contributed by atoms with Crippen molar-refractivity contribution in [2.75, 3.05) is 0 Å². The Balaban J connectivity index is 2.06. The minimum absolute atomic E-state index is 0.0707. The second-order valence-corrected chi connectivity index (χ2v) is 5.10. The maximum atomic E-state index is 10.6. The third kappa shape index (κ3) is 3.71. The number of benzene rings is 2. The number of nitrogens with zero attached hydrogens (tertiary/aromatic N) is 1. The molecular formula is C14H11BrClNO3. The van der Waals surface area contributed by atoms with Gasteiger partial charge in [0.25, 0.3) is 5.69 Å². The lowest BCUT2D eigenvalue weighted by molar-refractivity contribution is -0.384. The number of hydrogen-bond acceptors (Lipinski definition) is 3. The molecule has 0 radical (unpaired) electrons. The van der Waals surface area contributed by atoms with E-state index in [0.29, 0.717) is 17.0 Å². The molecule has 0 aliphatic rings. The van der Waals surface area contributed by atoms with Crippen molar-refractivity contribution in [3.05, 3.63) is 68.7 Å². The summed E-state index contributed by atoms with van der Waals surface area (Å²) in [5.74, 6) is 0.740. The summed E-state index contributed by atoms with van der Waals surface area (Å²) in [4.78, 5) is 10.1. The molecule has 6 heteroatoms. The second-order valence-electron chi connectivity index (χ2n) is 4.10. The zero-order valence-corrected chi connectivity index (χ0v) is 12.7. The Labute approximate surface area is 129 Å². The topological polar surface area (TPSA) is 52.4 Å². The Morgan fingerprint density at radius 1 is 1.20 bits per heavy atom. The minimum atomic E-state index is -0.424. The maximum absolute atomic E-state index is 10.6. The molecule has 0 aliphatic carbocycles. The van der Waals surface area contributed by atoms with Crippen LogP contribution >= 0.6 is 27.5 Å². The molecule has 2 rings (SSSR count). The van der Waals surface area contributed by atoms with Crippen molar-refractivity contribution in [1.82, 2.24) is 0 Å². The number of nitro groups is 1. The lowest BCUT2D eigenvalue weighted by Gasteiger charge is -2.10. The van der Waals surface area contributed by atoms with Crippen molar-refractivity contribution in [2.45, 2.75) is 11.9 Å². The zero-order chi connectivity index (χ0) is 14.5. The number of nitro benzene ring substituents is 1. The van der Waals surface area contributed by atoms with Gasteiger partial charge in [0.1, 0.15) is 12.4 Å². The van der Waals surface area contributed by atoms with E-state index in [1.165, 1.54) is 12.1 Å². The molecule has 0 bridgehead atoms. The maximum Gasteiger partial charge on any atom is 0.269 e. The molecule has 0 aliphatic heterocycles. The number of non-ortho nitro benzene ring substituents is 1. The first-order chi connectivity index (χ1) is 9.60. The summed E-state index contributed by atoms with van der Waals surface area (Å²) in [5, 5.41) is 11.9. The van der Waals surface area contributed by atoms with E-state index in [2.05, 4.69) is 15.9 Å². The number of halogens is 2. The molecule has 0 amide bonds. The highest BCUT2D eigenvalue weighted by molar-refractivity contribution is 9.08. The van der Waals surface area contributed by atoms with Crippen molar-refractivity contribution in [2.24, 2.45) is 0 Å². The van der Waals surface area contributed by atoms with Crippen LogP contribution < -0.4 is 4.74 Å². The first kappa shape index (κ1) is 14.8. The lowest BCUT2D eigenvalue weighted by atomic mass is 10.2. The van der Waals surface area contributed by atoms with E-state index in [9.17, 15) is 10.1 Å². The quantitative estimate of drug-likeness (QED) is 0.442. The van der Waals surface area contributed by atoms with E-state index < -0.39 is 4.92 Å². The fourth-order valence-corrected chi connectivity index (χ4v) is 2.30. The summed E-state index contributed by atoms with van der Waals surface area (Å²) in [7, 11) is 0. The molecular weight excluding hydrogens is 346 g/mol. The molecule has 104 valence electrons. The van der Waals surface area contributed by atoms with Gasteiger partial charge in [0, 0.05) is 28.0 Å². The third-order valence-electron chi connectivity index (χ3n) is 2.71. The number of ether oxygens (including phenoxy) is 1. The molecule has 0 saturated heterocycles. The second kappa shape index (κ2) is 6.72. The summed E-state index contributed by atoms with van der Waals surface area (Å²) < 4.78 is 5.71. The molecule has 4 nitrogen and oxygen atoms in total. The Morgan fingerprint density at radius 2 is 1.90 bits per heavy atom. The smallest absolute Gasteiger partial charge is 0.269 e. The highest BCUT2D eigenvalue weighted by Gasteiger charge is 2.06. The van der Waals surface area contributed by atoms with Gasteiger partial charge in [0.2, 0.25) is 0 Å². The SMILES string of the molecule is O=[N+]([O-])c1ccc(COc2ccc(Cl)cc2CBr)cc1. The van der Waals surface area contributed by atoms with Crippen LogP contribution in [0.1, 0.15) is 11.1 Å². The van der Waals surface area contributed by atoms with Crippen LogP contribution in [0.2, 0.25) is 5.02 Å². The Morgan fingerprint density at radius 3 is 2.50 bits per heavy atom. The van der Waals surface area contributed by atoms with Gasteiger partial charge in [-0.05, 0) is 35.9 Å². The van der Waals surface area contributed by atoms with Gasteiger partial charge in [-0.15, -0.1) is 0 Å². The summed E-state index contributed by atoms with van der Waals surface area (Å²) in [6, 6.07) is 11.7. The molecule has 2 aromatic carbocycles. The van der Waals surface area contributed by atoms with Crippen LogP contribution in [0, 0.1) is 10.1 Å². The summed E-state index contributed by atoms with van der Waals surface area (Å²) >= 11 is 9.30. The molecule has 0 aromatic heterocycles. The van der Waals surface area contributed by atoms with Gasteiger partial charge in [-0.3, -0.25) is 10.1 Å². The van der Waals surface area contributed by atoms with Crippen LogP contribution in [0.15, 0.2) is 42.5 Å². The fourth-order valence-electron chi connectivity index (χ4n) is 1.67. The average molecular weight is 357 g/mol. The molecule has 0 fully saturated rings. The van der Waals surface area contributed by atoms with E-state index in [0.717, 1.165) is 16.9 Å². The van der Waals surface area contributed by atoms with Gasteiger partial charge in [0.15, 0.2) is 0 Å². The monoisotopic (exact) mass is 355 g/mol. The van der Waals surface area contributed by atoms with Gasteiger partial charge in [-0.2, -0.15) is 0 Å². The van der Waals surface area contributed by atoms with Crippen molar-refractivity contribution in [3.8, 4) is 5.75 Å². The molecule has 0 unspecified atom stereocenters. The van der Waals surface area contributed by atoms with Crippen molar-refractivity contribution >= 4 is 33.2 Å². The molecule has 0 saturated carbocycles. The Kier molecular flexibility index (Phi) is 4.98. The van der Waals surface area contributed by atoms with Crippen molar-refractivity contribution in [1.29, 1.82) is 0 Å². The summed E-state index contributed by atoms with van der Waals surface area (Å²) in [6.07, 6.45) is 0. The number of hydrogen-bond donors (Lipinski definition) is 0. The van der Waals surface area contributed by atoms with E-state index in [1.54, 1.807) is 18.2 Å². The number of rotatable bonds is 5. The number of alkyl halides is 1. The normalized spacial score (nSPS) is 10.3. The van der Waals surface area contributed by atoms with Gasteiger partial charge in [-0.25, -0.2) is 0 Å². The Hall–Kier alpha value is -1.59. The largest absolute Gasteiger partial charge is 0.489 e. The predicted octanol–water partition coefficient (Wildman–Crippen LogP) is 4.72. The highest BCUT2D eigenvalue weighted by atomic mass is 79.9. The van der Waals surface area contributed by atoms with E-state index in [-0.39, 0.29) is 5.69 Å². The standard InChI is InChI=1S/C14H11BrClNO3/c15-8-11-7-12(16)3-6-14(11)20-9-10-1-4-13(5-2-10)17(18)19/h1-7H,8-9H2. The van der Waals surface area contributed by atoms with Crippen molar-refractivity contribution < 1.29 is 9.66 Å². The first-order valence-corrected chi connectivity index (χ1v) is 7.30.